The number of nitrogens with one attached hydrogen (secondary N) is 2. The highest BCUT2D eigenvalue weighted by Crippen LogP contribution is 2.28. The second-order valence-corrected chi connectivity index (χ2v) is 6.52. The molecule has 0 atom stereocenters. The number of benzene rings is 1. The Balaban J connectivity index is 2.35. The van der Waals surface area contributed by atoms with Crippen molar-refractivity contribution in [2.45, 2.75) is 11.4 Å². The molecule has 0 aliphatic heterocycles. The van der Waals surface area contributed by atoms with E-state index in [2.05, 4.69) is 14.9 Å². The molecule has 0 fully saturated rings. The van der Waals surface area contributed by atoms with Crippen LogP contribution in [0.3, 0.4) is 0 Å². The molecule has 0 saturated heterocycles. The largest absolute Gasteiger partial charge is 0.478 e. The van der Waals surface area contributed by atoms with Gasteiger partial charge in [0.05, 0.1) is 27.8 Å². The number of hydrogen-bond donors (Lipinski definition) is 3. The van der Waals surface area contributed by atoms with Gasteiger partial charge in [0.2, 0.25) is 10.0 Å². The SMILES string of the molecule is O=C(O)c1cc(S(=O)(=O)NCc2ccn[nH]2)c(Cl)cc1Cl. The highest BCUT2D eigenvalue weighted by atomic mass is 35.5. The minimum atomic E-state index is -3.99. The number of aromatic carboxylic acids is 1. The number of carboxylic acid groups (broad SMARTS) is 1. The van der Waals surface area contributed by atoms with E-state index in [9.17, 15) is 13.2 Å². The van der Waals surface area contributed by atoms with E-state index in [0.717, 1.165) is 12.1 Å². The lowest BCUT2D eigenvalue weighted by atomic mass is 10.2. The molecule has 0 saturated carbocycles. The van der Waals surface area contributed by atoms with Crippen molar-refractivity contribution in [3.63, 3.8) is 0 Å². The molecule has 0 aliphatic rings. The van der Waals surface area contributed by atoms with Crippen molar-refractivity contribution in [2.75, 3.05) is 0 Å². The third-order valence-electron chi connectivity index (χ3n) is 2.55. The van der Waals surface area contributed by atoms with Crippen LogP contribution in [0, 0.1) is 0 Å². The standard InChI is InChI=1S/C11H9Cl2N3O4S/c12-8-4-9(13)10(3-7(8)11(17)18)21(19,20)15-5-6-1-2-14-16-6/h1-4,15H,5H2,(H,14,16)(H,17,18). The van der Waals surface area contributed by atoms with E-state index in [1.165, 1.54) is 6.20 Å². The molecule has 2 rings (SSSR count). The number of sulfonamides is 1. The van der Waals surface area contributed by atoms with Gasteiger partial charge in [0.25, 0.3) is 0 Å². The van der Waals surface area contributed by atoms with Gasteiger partial charge in [0, 0.05) is 6.20 Å². The number of halogens is 2. The summed E-state index contributed by atoms with van der Waals surface area (Å²) in [5, 5.41) is 14.9. The maximum absolute atomic E-state index is 12.2. The quantitative estimate of drug-likeness (QED) is 0.762. The van der Waals surface area contributed by atoms with Crippen molar-refractivity contribution in [1.82, 2.24) is 14.9 Å². The second-order valence-electron chi connectivity index (χ2n) is 3.97. The molecule has 2 aromatic rings. The second kappa shape index (κ2) is 6.02. The van der Waals surface area contributed by atoms with Crippen LogP contribution in [-0.4, -0.2) is 29.7 Å². The first-order valence-electron chi connectivity index (χ1n) is 5.51. The molecule has 0 aliphatic carbocycles. The fraction of sp³-hybridized carbons (Fsp3) is 0.0909. The number of aromatic amines is 1. The lowest BCUT2D eigenvalue weighted by Gasteiger charge is -2.09. The van der Waals surface area contributed by atoms with Gasteiger partial charge >= 0.3 is 5.97 Å². The van der Waals surface area contributed by atoms with Crippen LogP contribution in [0.15, 0.2) is 29.3 Å². The van der Waals surface area contributed by atoms with E-state index in [0.29, 0.717) is 5.69 Å². The maximum atomic E-state index is 12.2. The van der Waals surface area contributed by atoms with Crippen LogP contribution in [0.1, 0.15) is 16.1 Å². The van der Waals surface area contributed by atoms with Crippen molar-refractivity contribution in [3.05, 3.63) is 45.7 Å². The van der Waals surface area contributed by atoms with E-state index in [4.69, 9.17) is 28.3 Å². The van der Waals surface area contributed by atoms with Gasteiger partial charge in [0.1, 0.15) is 4.90 Å². The van der Waals surface area contributed by atoms with Crippen LogP contribution in [0.25, 0.3) is 0 Å². The Bertz CT molecular complexity index is 775. The summed E-state index contributed by atoms with van der Waals surface area (Å²) in [7, 11) is -3.99. The fourth-order valence-electron chi connectivity index (χ4n) is 1.53. The van der Waals surface area contributed by atoms with Gasteiger partial charge in [-0.15, -0.1) is 0 Å². The van der Waals surface area contributed by atoms with E-state index in [-0.39, 0.29) is 27.0 Å². The zero-order valence-electron chi connectivity index (χ0n) is 10.3. The topological polar surface area (TPSA) is 112 Å². The minimum Gasteiger partial charge on any atom is -0.478 e. The summed E-state index contributed by atoms with van der Waals surface area (Å²) in [5.41, 5.74) is 0.199. The Hall–Kier alpha value is -1.61. The molecule has 10 heteroatoms. The van der Waals surface area contributed by atoms with Crippen LogP contribution in [0.4, 0.5) is 0 Å². The first-order chi connectivity index (χ1) is 9.81. The van der Waals surface area contributed by atoms with Gasteiger partial charge < -0.3 is 5.11 Å². The summed E-state index contributed by atoms with van der Waals surface area (Å²) in [6.45, 7) is -0.0380. The summed E-state index contributed by atoms with van der Waals surface area (Å²) in [5.74, 6) is -1.35. The summed E-state index contributed by atoms with van der Waals surface area (Å²) < 4.78 is 26.6. The van der Waals surface area contributed by atoms with Crippen molar-refractivity contribution in [2.24, 2.45) is 0 Å². The average Bonchev–Trinajstić information content (AvgIpc) is 2.88. The van der Waals surface area contributed by atoms with Gasteiger partial charge in [-0.25, -0.2) is 17.9 Å². The van der Waals surface area contributed by atoms with Crippen LogP contribution in [-0.2, 0) is 16.6 Å². The highest BCUT2D eigenvalue weighted by Gasteiger charge is 2.22. The molecular weight excluding hydrogens is 341 g/mol. The van der Waals surface area contributed by atoms with Crippen molar-refractivity contribution < 1.29 is 18.3 Å². The van der Waals surface area contributed by atoms with Gasteiger partial charge in [-0.2, -0.15) is 5.10 Å². The summed E-state index contributed by atoms with van der Waals surface area (Å²) in [6, 6.07) is 3.59. The number of carboxylic acids is 1. The first kappa shape index (κ1) is 15.8. The Morgan fingerprint density at radius 3 is 2.62 bits per heavy atom. The molecule has 0 amide bonds. The fourth-order valence-corrected chi connectivity index (χ4v) is 3.39. The average molecular weight is 350 g/mol. The van der Waals surface area contributed by atoms with Crippen molar-refractivity contribution in [1.29, 1.82) is 0 Å². The Morgan fingerprint density at radius 2 is 2.05 bits per heavy atom. The van der Waals surface area contributed by atoms with Gasteiger partial charge in [-0.05, 0) is 18.2 Å². The molecule has 0 bridgehead atoms. The molecule has 3 N–H and O–H groups in total. The monoisotopic (exact) mass is 349 g/mol. The molecule has 1 heterocycles. The van der Waals surface area contributed by atoms with Crippen LogP contribution < -0.4 is 4.72 Å². The smallest absolute Gasteiger partial charge is 0.337 e. The van der Waals surface area contributed by atoms with E-state index >= 15 is 0 Å². The predicted molar refractivity (Wildman–Crippen MR) is 76.0 cm³/mol. The zero-order chi connectivity index (χ0) is 15.6. The first-order valence-corrected chi connectivity index (χ1v) is 7.75. The Kier molecular flexibility index (Phi) is 4.52. The van der Waals surface area contributed by atoms with Crippen LogP contribution >= 0.6 is 23.2 Å². The lowest BCUT2D eigenvalue weighted by Crippen LogP contribution is -2.24. The van der Waals surface area contributed by atoms with Gasteiger partial charge in [0.15, 0.2) is 0 Å². The number of H-pyrrole nitrogens is 1. The summed E-state index contributed by atoms with van der Waals surface area (Å²) in [4.78, 5) is 10.6. The van der Waals surface area contributed by atoms with Gasteiger partial charge in [-0.1, -0.05) is 23.2 Å². The molecule has 0 unspecified atom stereocenters. The molecule has 1 aromatic heterocycles. The van der Waals surface area contributed by atoms with Crippen molar-refractivity contribution in [3.8, 4) is 0 Å². The molecule has 1 aromatic carbocycles. The number of nitrogens with zero attached hydrogens (tertiary/aromatic N) is 1. The predicted octanol–water partition coefficient (Wildman–Crippen LogP) is 1.89. The van der Waals surface area contributed by atoms with E-state index in [1.54, 1.807) is 6.07 Å². The molecule has 112 valence electrons. The lowest BCUT2D eigenvalue weighted by molar-refractivity contribution is 0.0697. The third kappa shape index (κ3) is 3.53. The third-order valence-corrected chi connectivity index (χ3v) is 4.73. The normalized spacial score (nSPS) is 11.5. The number of rotatable bonds is 5. The Morgan fingerprint density at radius 1 is 1.33 bits per heavy atom. The van der Waals surface area contributed by atoms with E-state index < -0.39 is 16.0 Å². The number of aromatic nitrogens is 2. The summed E-state index contributed by atoms with van der Waals surface area (Å²) in [6.07, 6.45) is 1.47. The number of carbonyl (C=O) groups is 1. The molecule has 0 spiro atoms. The van der Waals surface area contributed by atoms with E-state index in [1.807, 2.05) is 0 Å². The van der Waals surface area contributed by atoms with Crippen LogP contribution in [0.5, 0.6) is 0 Å². The zero-order valence-corrected chi connectivity index (χ0v) is 12.6. The van der Waals surface area contributed by atoms with Crippen LogP contribution in [0.2, 0.25) is 10.0 Å². The van der Waals surface area contributed by atoms with Crippen molar-refractivity contribution >= 4 is 39.2 Å². The van der Waals surface area contributed by atoms with Gasteiger partial charge in [-0.3, -0.25) is 5.10 Å². The minimum absolute atomic E-state index is 0.0380. The summed E-state index contributed by atoms with van der Waals surface area (Å²) >= 11 is 11.5. The molecule has 7 nitrogen and oxygen atoms in total. The molecular formula is C11H9Cl2N3O4S. The molecule has 0 radical (unpaired) electrons. The number of hydrogen-bond acceptors (Lipinski definition) is 4. The Labute approximate surface area is 129 Å². The maximum Gasteiger partial charge on any atom is 0.337 e. The highest BCUT2D eigenvalue weighted by molar-refractivity contribution is 7.89. The molecule has 21 heavy (non-hydrogen) atoms.